The van der Waals surface area contributed by atoms with Gasteiger partial charge in [0.1, 0.15) is 0 Å². The van der Waals surface area contributed by atoms with E-state index in [1.807, 2.05) is 0 Å². The van der Waals surface area contributed by atoms with Crippen LogP contribution in [0.2, 0.25) is 0 Å². The third kappa shape index (κ3) is 3.85. The molecule has 2 heterocycles. The van der Waals surface area contributed by atoms with Gasteiger partial charge in [0, 0.05) is 12.6 Å². The molecule has 3 rings (SSSR count). The molecular formula is C18H27NO2. The molecule has 2 aliphatic heterocycles. The van der Waals surface area contributed by atoms with Crippen LogP contribution in [-0.4, -0.2) is 32.4 Å². The van der Waals surface area contributed by atoms with Crippen molar-refractivity contribution in [3.63, 3.8) is 0 Å². The van der Waals surface area contributed by atoms with Gasteiger partial charge in [-0.3, -0.25) is 0 Å². The Morgan fingerprint density at radius 1 is 1.14 bits per heavy atom. The van der Waals surface area contributed by atoms with Crippen LogP contribution in [0.1, 0.15) is 49.3 Å². The molecule has 3 unspecified atom stereocenters. The zero-order valence-electron chi connectivity index (χ0n) is 13.0. The van der Waals surface area contributed by atoms with Gasteiger partial charge in [0.25, 0.3) is 0 Å². The summed E-state index contributed by atoms with van der Waals surface area (Å²) in [5, 5.41) is 3.47. The monoisotopic (exact) mass is 289 g/mol. The number of hydrogen-bond acceptors (Lipinski definition) is 3. The van der Waals surface area contributed by atoms with Gasteiger partial charge < -0.3 is 14.8 Å². The Labute approximate surface area is 128 Å². The zero-order valence-corrected chi connectivity index (χ0v) is 13.0. The summed E-state index contributed by atoms with van der Waals surface area (Å²) in [7, 11) is 2.06. The molecule has 0 aromatic heterocycles. The van der Waals surface area contributed by atoms with Gasteiger partial charge >= 0.3 is 0 Å². The Balaban J connectivity index is 1.61. The summed E-state index contributed by atoms with van der Waals surface area (Å²) < 4.78 is 11.9. The minimum Gasteiger partial charge on any atom is -0.378 e. The van der Waals surface area contributed by atoms with Crippen molar-refractivity contribution in [2.75, 3.05) is 20.3 Å². The molecule has 0 radical (unpaired) electrons. The highest BCUT2D eigenvalue weighted by Crippen LogP contribution is 2.31. The number of rotatable bonds is 5. The van der Waals surface area contributed by atoms with Crippen molar-refractivity contribution >= 4 is 0 Å². The van der Waals surface area contributed by atoms with E-state index in [9.17, 15) is 0 Å². The third-order valence-electron chi connectivity index (χ3n) is 4.82. The first kappa shape index (κ1) is 15.0. The SMILES string of the molecule is CNC(CC1CCCCO1)CC1OCCc2ccccc21. The number of nitrogens with one attached hydrogen (secondary N) is 1. The summed E-state index contributed by atoms with van der Waals surface area (Å²) >= 11 is 0. The molecule has 3 nitrogen and oxygen atoms in total. The standard InChI is InChI=1S/C18H27NO2/c1-19-15(12-16-7-4-5-10-20-16)13-18-17-8-3-2-6-14(17)9-11-21-18/h2-3,6,8,15-16,18-19H,4-5,7,9-13H2,1H3. The van der Waals surface area contributed by atoms with Crippen LogP contribution >= 0.6 is 0 Å². The highest BCUT2D eigenvalue weighted by Gasteiger charge is 2.26. The second kappa shape index (κ2) is 7.39. The molecule has 1 fully saturated rings. The fraction of sp³-hybridized carbons (Fsp3) is 0.667. The predicted octanol–water partition coefficient (Wildman–Crippen LogP) is 3.24. The second-order valence-corrected chi connectivity index (χ2v) is 6.25. The lowest BCUT2D eigenvalue weighted by atomic mass is 9.91. The minimum absolute atomic E-state index is 0.232. The lowest BCUT2D eigenvalue weighted by Crippen LogP contribution is -2.35. The molecule has 0 bridgehead atoms. The maximum Gasteiger partial charge on any atom is 0.0842 e. The summed E-state index contributed by atoms with van der Waals surface area (Å²) in [5.41, 5.74) is 2.84. The van der Waals surface area contributed by atoms with Crippen molar-refractivity contribution in [1.29, 1.82) is 0 Å². The highest BCUT2D eigenvalue weighted by molar-refractivity contribution is 5.31. The van der Waals surface area contributed by atoms with Crippen molar-refractivity contribution < 1.29 is 9.47 Å². The lowest BCUT2D eigenvalue weighted by Gasteiger charge is -2.31. The van der Waals surface area contributed by atoms with E-state index in [4.69, 9.17) is 9.47 Å². The number of hydrogen-bond donors (Lipinski definition) is 1. The van der Waals surface area contributed by atoms with Gasteiger partial charge in [-0.25, -0.2) is 0 Å². The van der Waals surface area contributed by atoms with Crippen molar-refractivity contribution in [2.45, 2.75) is 56.8 Å². The Bertz CT molecular complexity index is 443. The van der Waals surface area contributed by atoms with E-state index < -0.39 is 0 Å². The third-order valence-corrected chi connectivity index (χ3v) is 4.82. The van der Waals surface area contributed by atoms with Crippen LogP contribution in [0.3, 0.4) is 0 Å². The van der Waals surface area contributed by atoms with Gasteiger partial charge in [0.2, 0.25) is 0 Å². The van der Waals surface area contributed by atoms with E-state index in [-0.39, 0.29) is 6.10 Å². The summed E-state index contributed by atoms with van der Waals surface area (Å²) in [4.78, 5) is 0. The van der Waals surface area contributed by atoms with E-state index in [1.54, 1.807) is 0 Å². The number of benzene rings is 1. The van der Waals surface area contributed by atoms with Crippen molar-refractivity contribution in [3.05, 3.63) is 35.4 Å². The molecule has 116 valence electrons. The van der Waals surface area contributed by atoms with Gasteiger partial charge in [-0.05, 0) is 56.7 Å². The smallest absolute Gasteiger partial charge is 0.0842 e. The molecule has 1 aromatic carbocycles. The Morgan fingerprint density at radius 3 is 2.86 bits per heavy atom. The van der Waals surface area contributed by atoms with Crippen molar-refractivity contribution in [2.24, 2.45) is 0 Å². The van der Waals surface area contributed by atoms with Crippen LogP contribution in [0.4, 0.5) is 0 Å². The molecule has 1 N–H and O–H groups in total. The molecular weight excluding hydrogens is 262 g/mol. The molecule has 2 aliphatic rings. The van der Waals surface area contributed by atoms with Gasteiger partial charge in [0.15, 0.2) is 0 Å². The summed E-state index contributed by atoms with van der Waals surface area (Å²) in [5.74, 6) is 0. The Morgan fingerprint density at radius 2 is 2.05 bits per heavy atom. The van der Waals surface area contributed by atoms with Gasteiger partial charge in [-0.1, -0.05) is 24.3 Å². The molecule has 0 saturated carbocycles. The van der Waals surface area contributed by atoms with Crippen LogP contribution in [-0.2, 0) is 15.9 Å². The topological polar surface area (TPSA) is 30.5 Å². The second-order valence-electron chi connectivity index (χ2n) is 6.25. The maximum atomic E-state index is 6.05. The lowest BCUT2D eigenvalue weighted by molar-refractivity contribution is -0.00656. The van der Waals surface area contributed by atoms with E-state index in [0.717, 1.165) is 32.5 Å². The normalized spacial score (nSPS) is 27.1. The molecule has 1 saturated heterocycles. The van der Waals surface area contributed by atoms with Crippen LogP contribution in [0, 0.1) is 0 Å². The zero-order chi connectivity index (χ0) is 14.5. The van der Waals surface area contributed by atoms with Crippen molar-refractivity contribution in [1.82, 2.24) is 5.32 Å². The molecule has 3 heteroatoms. The molecule has 0 aliphatic carbocycles. The largest absolute Gasteiger partial charge is 0.378 e. The Hall–Kier alpha value is -0.900. The van der Waals surface area contributed by atoms with Crippen LogP contribution < -0.4 is 5.32 Å². The maximum absolute atomic E-state index is 6.05. The fourth-order valence-electron chi connectivity index (χ4n) is 3.57. The number of fused-ring (bicyclic) bond motifs is 1. The first-order valence-electron chi connectivity index (χ1n) is 8.35. The number of ether oxygens (including phenoxy) is 2. The van der Waals surface area contributed by atoms with Crippen LogP contribution in [0.5, 0.6) is 0 Å². The van der Waals surface area contributed by atoms with Gasteiger partial charge in [0.05, 0.1) is 18.8 Å². The molecule has 1 aromatic rings. The first-order chi connectivity index (χ1) is 10.4. The van der Waals surface area contributed by atoms with Gasteiger partial charge in [-0.15, -0.1) is 0 Å². The quantitative estimate of drug-likeness (QED) is 0.902. The predicted molar refractivity (Wildman–Crippen MR) is 84.5 cm³/mol. The molecule has 0 amide bonds. The van der Waals surface area contributed by atoms with E-state index in [0.29, 0.717) is 12.1 Å². The van der Waals surface area contributed by atoms with Crippen LogP contribution in [0.15, 0.2) is 24.3 Å². The highest BCUT2D eigenvalue weighted by atomic mass is 16.5. The molecule has 21 heavy (non-hydrogen) atoms. The summed E-state index contributed by atoms with van der Waals surface area (Å²) in [6.45, 7) is 1.78. The molecule has 3 atom stereocenters. The average Bonchev–Trinajstić information content (AvgIpc) is 2.55. The summed E-state index contributed by atoms with van der Waals surface area (Å²) in [6.07, 6.45) is 7.57. The molecule has 0 spiro atoms. The van der Waals surface area contributed by atoms with Gasteiger partial charge in [-0.2, -0.15) is 0 Å². The van der Waals surface area contributed by atoms with Crippen molar-refractivity contribution in [3.8, 4) is 0 Å². The minimum atomic E-state index is 0.232. The fourth-order valence-corrected chi connectivity index (χ4v) is 3.57. The average molecular weight is 289 g/mol. The summed E-state index contributed by atoms with van der Waals surface area (Å²) in [6, 6.07) is 9.18. The first-order valence-corrected chi connectivity index (χ1v) is 8.35. The Kier molecular flexibility index (Phi) is 5.28. The van der Waals surface area contributed by atoms with E-state index in [2.05, 4.69) is 36.6 Å². The van der Waals surface area contributed by atoms with E-state index >= 15 is 0 Å². The van der Waals surface area contributed by atoms with Crippen LogP contribution in [0.25, 0.3) is 0 Å². The van der Waals surface area contributed by atoms with E-state index in [1.165, 1.54) is 30.4 Å².